The molecule has 132 valence electrons. The van der Waals surface area contributed by atoms with Gasteiger partial charge < -0.3 is 15.3 Å². The van der Waals surface area contributed by atoms with Gasteiger partial charge in [-0.3, -0.25) is 4.79 Å². The van der Waals surface area contributed by atoms with Crippen molar-refractivity contribution in [1.82, 2.24) is 0 Å². The first-order valence-corrected chi connectivity index (χ1v) is 9.03. The van der Waals surface area contributed by atoms with Gasteiger partial charge in [0, 0.05) is 0 Å². The van der Waals surface area contributed by atoms with Crippen LogP contribution in [0.15, 0.2) is 24.3 Å². The molecule has 4 heteroatoms. The van der Waals surface area contributed by atoms with Crippen LogP contribution in [0.5, 0.6) is 0 Å². The number of nitrogens with two attached hydrogens (primary N) is 1. The molecule has 0 aromatic heterocycles. The fourth-order valence-electron chi connectivity index (χ4n) is 3.73. The van der Waals surface area contributed by atoms with Crippen molar-refractivity contribution in [3.63, 3.8) is 0 Å². The molecule has 0 radical (unpaired) electrons. The third-order valence-corrected chi connectivity index (χ3v) is 5.42. The third-order valence-electron chi connectivity index (χ3n) is 5.42. The molecule has 0 aliphatic heterocycles. The predicted octanol–water partition coefficient (Wildman–Crippen LogP) is 3.33. The minimum absolute atomic E-state index is 0.179. The van der Waals surface area contributed by atoms with Crippen LogP contribution >= 0.6 is 0 Å². The van der Waals surface area contributed by atoms with E-state index in [0.29, 0.717) is 25.5 Å². The lowest BCUT2D eigenvalue weighted by Gasteiger charge is -2.36. The largest absolute Gasteiger partial charge is 0.466 e. The minimum atomic E-state index is -0.393. The van der Waals surface area contributed by atoms with E-state index in [9.17, 15) is 9.59 Å². The van der Waals surface area contributed by atoms with Crippen LogP contribution in [-0.4, -0.2) is 25.4 Å². The van der Waals surface area contributed by atoms with Gasteiger partial charge in [-0.25, -0.2) is 0 Å². The minimum Gasteiger partial charge on any atom is -0.466 e. The molecular weight excluding hydrogens is 302 g/mol. The summed E-state index contributed by atoms with van der Waals surface area (Å²) in [5, 5.41) is 0. The van der Waals surface area contributed by atoms with E-state index in [2.05, 4.69) is 0 Å². The van der Waals surface area contributed by atoms with Gasteiger partial charge >= 0.3 is 5.97 Å². The Labute approximate surface area is 144 Å². The van der Waals surface area contributed by atoms with Gasteiger partial charge in [0.25, 0.3) is 0 Å². The van der Waals surface area contributed by atoms with E-state index in [0.717, 1.165) is 43.1 Å². The number of hydrogen-bond donors (Lipinski definition) is 1. The highest BCUT2D eigenvalue weighted by Gasteiger charge is 2.36. The van der Waals surface area contributed by atoms with Gasteiger partial charge in [0.1, 0.15) is 6.29 Å². The van der Waals surface area contributed by atoms with Gasteiger partial charge in [-0.15, -0.1) is 0 Å². The number of carbonyl (C=O) groups excluding carboxylic acids is 2. The zero-order valence-electron chi connectivity index (χ0n) is 14.8. The smallest absolute Gasteiger partial charge is 0.313 e. The Bertz CT molecular complexity index is 545. The molecule has 1 saturated carbocycles. The van der Waals surface area contributed by atoms with Crippen LogP contribution in [0.25, 0.3) is 0 Å². The molecule has 0 bridgehead atoms. The maximum absolute atomic E-state index is 12.1. The second-order valence-corrected chi connectivity index (χ2v) is 6.79. The topological polar surface area (TPSA) is 69.4 Å². The SMILES string of the molecule is CCOC(=O)C(CC)c1ccc(C2(C=O)CCC(CN)CC2)cc1. The average Bonchev–Trinajstić information content (AvgIpc) is 2.63. The molecule has 1 atom stereocenters. The van der Waals surface area contributed by atoms with Gasteiger partial charge in [-0.1, -0.05) is 31.2 Å². The highest BCUT2D eigenvalue weighted by molar-refractivity contribution is 5.78. The van der Waals surface area contributed by atoms with Crippen LogP contribution in [0.2, 0.25) is 0 Å². The van der Waals surface area contributed by atoms with E-state index in [1.807, 2.05) is 38.1 Å². The summed E-state index contributed by atoms with van der Waals surface area (Å²) in [7, 11) is 0. The molecule has 0 amide bonds. The second-order valence-electron chi connectivity index (χ2n) is 6.79. The predicted molar refractivity (Wildman–Crippen MR) is 94.9 cm³/mol. The summed E-state index contributed by atoms with van der Waals surface area (Å²) in [6, 6.07) is 7.96. The van der Waals surface area contributed by atoms with Gasteiger partial charge in [0.15, 0.2) is 0 Å². The molecule has 2 rings (SSSR count). The molecule has 1 aliphatic carbocycles. The fourth-order valence-corrected chi connectivity index (χ4v) is 3.73. The Morgan fingerprint density at radius 3 is 2.38 bits per heavy atom. The molecule has 24 heavy (non-hydrogen) atoms. The van der Waals surface area contributed by atoms with Crippen molar-refractivity contribution in [3.05, 3.63) is 35.4 Å². The van der Waals surface area contributed by atoms with Crippen LogP contribution in [0, 0.1) is 5.92 Å². The van der Waals surface area contributed by atoms with E-state index in [1.165, 1.54) is 0 Å². The first-order chi connectivity index (χ1) is 11.6. The lowest BCUT2D eigenvalue weighted by Crippen LogP contribution is -2.35. The highest BCUT2D eigenvalue weighted by Crippen LogP contribution is 2.40. The zero-order valence-corrected chi connectivity index (χ0v) is 14.8. The molecular formula is C20H29NO3. The number of carbonyl (C=O) groups is 2. The molecule has 1 unspecified atom stereocenters. The summed E-state index contributed by atoms with van der Waals surface area (Å²) in [5.41, 5.74) is 7.37. The van der Waals surface area contributed by atoms with Crippen molar-refractivity contribution in [2.45, 2.75) is 57.3 Å². The van der Waals surface area contributed by atoms with E-state index in [1.54, 1.807) is 0 Å². The van der Waals surface area contributed by atoms with E-state index < -0.39 is 5.41 Å². The van der Waals surface area contributed by atoms with Crippen molar-refractivity contribution in [1.29, 1.82) is 0 Å². The van der Waals surface area contributed by atoms with Crippen molar-refractivity contribution >= 4 is 12.3 Å². The lowest BCUT2D eigenvalue weighted by molar-refractivity contribution is -0.145. The van der Waals surface area contributed by atoms with E-state index >= 15 is 0 Å². The summed E-state index contributed by atoms with van der Waals surface area (Å²) >= 11 is 0. The molecule has 2 N–H and O–H groups in total. The van der Waals surface area contributed by atoms with Crippen LogP contribution in [0.3, 0.4) is 0 Å². The monoisotopic (exact) mass is 331 g/mol. The molecule has 1 aromatic carbocycles. The average molecular weight is 331 g/mol. The summed E-state index contributed by atoms with van der Waals surface area (Å²) in [6.45, 7) is 4.89. The molecule has 4 nitrogen and oxygen atoms in total. The maximum atomic E-state index is 12.1. The highest BCUT2D eigenvalue weighted by atomic mass is 16.5. The van der Waals surface area contributed by atoms with Crippen LogP contribution in [0.1, 0.15) is 63.0 Å². The normalized spacial score (nSPS) is 25.0. The standard InChI is InChI=1S/C20H29NO3/c1-3-18(19(23)24-4-2)16-5-7-17(8-6-16)20(14-22)11-9-15(13-21)10-12-20/h5-8,14-15,18H,3-4,9-13,21H2,1-2H3. The Hall–Kier alpha value is -1.68. The summed E-state index contributed by atoms with van der Waals surface area (Å²) < 4.78 is 5.15. The summed E-state index contributed by atoms with van der Waals surface area (Å²) in [4.78, 5) is 23.9. The second kappa shape index (κ2) is 8.43. The number of ether oxygens (including phenoxy) is 1. The van der Waals surface area contributed by atoms with Crippen molar-refractivity contribution in [3.8, 4) is 0 Å². The third kappa shape index (κ3) is 3.86. The number of hydrogen-bond acceptors (Lipinski definition) is 4. The van der Waals surface area contributed by atoms with Crippen molar-refractivity contribution < 1.29 is 14.3 Å². The Kier molecular flexibility index (Phi) is 6.55. The number of rotatable bonds is 7. The lowest BCUT2D eigenvalue weighted by atomic mass is 9.67. The van der Waals surface area contributed by atoms with Gasteiger partial charge in [-0.2, -0.15) is 0 Å². The maximum Gasteiger partial charge on any atom is 0.313 e. The molecule has 0 saturated heterocycles. The summed E-state index contributed by atoms with van der Waals surface area (Å²) in [5.74, 6) is 0.117. The number of benzene rings is 1. The molecule has 1 aromatic rings. The van der Waals surface area contributed by atoms with Gasteiger partial charge in [-0.05, 0) is 62.6 Å². The molecule has 1 fully saturated rings. The van der Waals surface area contributed by atoms with Gasteiger partial charge in [0.05, 0.1) is 17.9 Å². The molecule has 0 spiro atoms. The Morgan fingerprint density at radius 1 is 1.29 bits per heavy atom. The number of aldehydes is 1. The zero-order chi connectivity index (χ0) is 17.6. The Balaban J connectivity index is 2.18. The first kappa shape index (κ1) is 18.7. The molecule has 0 heterocycles. The number of esters is 1. The Morgan fingerprint density at radius 2 is 1.92 bits per heavy atom. The van der Waals surface area contributed by atoms with E-state index in [-0.39, 0.29) is 11.9 Å². The first-order valence-electron chi connectivity index (χ1n) is 9.03. The molecule has 1 aliphatic rings. The van der Waals surface area contributed by atoms with Crippen LogP contribution in [0.4, 0.5) is 0 Å². The van der Waals surface area contributed by atoms with Gasteiger partial charge in [0.2, 0.25) is 0 Å². The van der Waals surface area contributed by atoms with Crippen molar-refractivity contribution in [2.24, 2.45) is 11.7 Å². The van der Waals surface area contributed by atoms with Crippen molar-refractivity contribution in [2.75, 3.05) is 13.2 Å². The quantitative estimate of drug-likeness (QED) is 0.614. The summed E-state index contributed by atoms with van der Waals surface area (Å²) in [6.07, 6.45) is 5.51. The van der Waals surface area contributed by atoms with Crippen LogP contribution in [-0.2, 0) is 19.7 Å². The fraction of sp³-hybridized carbons (Fsp3) is 0.600. The van der Waals surface area contributed by atoms with E-state index in [4.69, 9.17) is 10.5 Å². The van der Waals surface area contributed by atoms with Crippen LogP contribution < -0.4 is 5.73 Å².